The van der Waals surface area contributed by atoms with Crippen molar-refractivity contribution in [1.29, 1.82) is 0 Å². The summed E-state index contributed by atoms with van der Waals surface area (Å²) in [6, 6.07) is 11.5. The van der Waals surface area contributed by atoms with Crippen LogP contribution in [-0.2, 0) is 11.3 Å². The third kappa shape index (κ3) is 4.92. The van der Waals surface area contributed by atoms with Gasteiger partial charge in [0.05, 0.1) is 11.3 Å². The molecule has 1 aromatic heterocycles. The van der Waals surface area contributed by atoms with Crippen LogP contribution >= 0.6 is 0 Å². The fraction of sp³-hybridized carbons (Fsp3) is 0.190. The highest BCUT2D eigenvalue weighted by Gasteiger charge is 2.16. The van der Waals surface area contributed by atoms with Gasteiger partial charge < -0.3 is 24.9 Å². The van der Waals surface area contributed by atoms with Gasteiger partial charge in [-0.2, -0.15) is 0 Å². The number of aromatic hydroxyl groups is 1. The number of hydrogen-bond donors (Lipinski definition) is 3. The highest BCUT2D eigenvalue weighted by atomic mass is 16.5. The summed E-state index contributed by atoms with van der Waals surface area (Å²) < 4.78 is 10.4. The summed E-state index contributed by atoms with van der Waals surface area (Å²) in [5, 5.41) is 15.4. The summed E-state index contributed by atoms with van der Waals surface area (Å²) in [6.45, 7) is 3.46. The third-order valence-corrected chi connectivity index (χ3v) is 3.99. The Hall–Kier alpha value is -3.81. The summed E-state index contributed by atoms with van der Waals surface area (Å²) in [7, 11) is 0. The first-order valence-corrected chi connectivity index (χ1v) is 8.93. The van der Waals surface area contributed by atoms with Gasteiger partial charge in [0, 0.05) is 29.1 Å². The molecule has 29 heavy (non-hydrogen) atoms. The van der Waals surface area contributed by atoms with Crippen molar-refractivity contribution in [2.24, 2.45) is 0 Å². The quantitative estimate of drug-likeness (QED) is 0.449. The molecular weight excluding hydrogens is 376 g/mol. The monoisotopic (exact) mass is 396 g/mol. The molecule has 0 saturated carbocycles. The van der Waals surface area contributed by atoms with Gasteiger partial charge in [0.1, 0.15) is 17.9 Å². The second kappa shape index (κ2) is 8.47. The van der Waals surface area contributed by atoms with Crippen LogP contribution in [0.2, 0.25) is 0 Å². The summed E-state index contributed by atoms with van der Waals surface area (Å²) in [4.78, 5) is 36.3. The Bertz CT molecular complexity index is 1120. The lowest BCUT2D eigenvalue weighted by molar-refractivity contribution is 0.0475. The van der Waals surface area contributed by atoms with Crippen LogP contribution in [0, 0.1) is 0 Å². The van der Waals surface area contributed by atoms with E-state index >= 15 is 0 Å². The van der Waals surface area contributed by atoms with Crippen LogP contribution in [-0.4, -0.2) is 23.1 Å². The second-order valence-corrected chi connectivity index (χ2v) is 6.65. The minimum absolute atomic E-state index is 0.0468. The van der Waals surface area contributed by atoms with Gasteiger partial charge in [-0.3, -0.25) is 0 Å². The third-order valence-electron chi connectivity index (χ3n) is 3.99. The number of carbonyl (C=O) groups excluding carboxylic acids is 2. The molecule has 0 saturated heterocycles. The molecule has 3 aromatic rings. The van der Waals surface area contributed by atoms with Crippen LogP contribution < -0.4 is 16.3 Å². The molecule has 0 atom stereocenters. The average Bonchev–Trinajstić information content (AvgIpc) is 2.65. The number of urea groups is 1. The number of carbonyl (C=O) groups is 2. The summed E-state index contributed by atoms with van der Waals surface area (Å²) >= 11 is 0. The lowest BCUT2D eigenvalue weighted by Gasteiger charge is -2.13. The molecule has 0 aliphatic carbocycles. The number of ether oxygens (including phenoxy) is 1. The van der Waals surface area contributed by atoms with E-state index in [0.29, 0.717) is 16.6 Å². The number of nitrogens with one attached hydrogen (secondary N) is 2. The Labute approximate surface area is 166 Å². The highest BCUT2D eigenvalue weighted by Crippen LogP contribution is 2.23. The van der Waals surface area contributed by atoms with Crippen molar-refractivity contribution in [3.63, 3.8) is 0 Å². The van der Waals surface area contributed by atoms with Crippen molar-refractivity contribution in [1.82, 2.24) is 5.32 Å². The van der Waals surface area contributed by atoms with Crippen molar-refractivity contribution >= 4 is 28.7 Å². The summed E-state index contributed by atoms with van der Waals surface area (Å²) in [5.41, 5.74) is 0.486. The van der Waals surface area contributed by atoms with Crippen LogP contribution in [0.5, 0.6) is 5.75 Å². The first-order chi connectivity index (χ1) is 13.8. The van der Waals surface area contributed by atoms with Crippen molar-refractivity contribution in [3.05, 3.63) is 70.1 Å². The number of fused-ring (bicyclic) bond motifs is 1. The number of amides is 2. The van der Waals surface area contributed by atoms with Crippen molar-refractivity contribution < 1.29 is 23.8 Å². The molecular formula is C21H20N2O6. The van der Waals surface area contributed by atoms with Crippen LogP contribution in [0.1, 0.15) is 29.8 Å². The predicted octanol–water partition coefficient (Wildman–Crippen LogP) is 3.39. The fourth-order valence-electron chi connectivity index (χ4n) is 2.75. The molecule has 8 heteroatoms. The Balaban J connectivity index is 1.79. The van der Waals surface area contributed by atoms with E-state index in [1.807, 2.05) is 13.8 Å². The number of phenolic OH excluding ortho intramolecular Hbond substituents is 1. The standard InChI is InChI=1S/C21H20N2O6/c1-12(2)22-21(27)23-17-6-4-3-5-16(17)20(26)28-11-13-9-19(25)29-18-10-14(24)7-8-15(13)18/h3-10,12,24H,11H2,1-2H3,(H2,22,23,27). The van der Waals surface area contributed by atoms with Crippen LogP contribution in [0.4, 0.5) is 10.5 Å². The summed E-state index contributed by atoms with van der Waals surface area (Å²) in [5.74, 6) is -0.708. The van der Waals surface area contributed by atoms with Crippen LogP contribution in [0.25, 0.3) is 11.0 Å². The molecule has 3 rings (SSSR count). The molecule has 8 nitrogen and oxygen atoms in total. The molecule has 0 fully saturated rings. The van der Waals surface area contributed by atoms with E-state index in [0.717, 1.165) is 0 Å². The number of para-hydroxylation sites is 1. The lowest BCUT2D eigenvalue weighted by atomic mass is 10.1. The number of esters is 1. The molecule has 3 N–H and O–H groups in total. The van der Waals surface area contributed by atoms with Gasteiger partial charge in [0.2, 0.25) is 0 Å². The Morgan fingerprint density at radius 2 is 1.90 bits per heavy atom. The first kappa shape index (κ1) is 19.9. The zero-order valence-corrected chi connectivity index (χ0v) is 15.9. The van der Waals surface area contributed by atoms with Crippen LogP contribution in [0.15, 0.2) is 57.7 Å². The van der Waals surface area contributed by atoms with Crippen molar-refractivity contribution in [3.8, 4) is 5.75 Å². The molecule has 0 radical (unpaired) electrons. The average molecular weight is 396 g/mol. The number of benzene rings is 2. The fourth-order valence-corrected chi connectivity index (χ4v) is 2.75. The Kier molecular flexibility index (Phi) is 5.82. The van der Waals surface area contributed by atoms with Crippen molar-refractivity contribution in [2.75, 3.05) is 5.32 Å². The van der Waals surface area contributed by atoms with Gasteiger partial charge in [-0.1, -0.05) is 12.1 Å². The smallest absolute Gasteiger partial charge is 0.340 e. The van der Waals surface area contributed by atoms with E-state index in [9.17, 15) is 19.5 Å². The largest absolute Gasteiger partial charge is 0.508 e. The van der Waals surface area contributed by atoms with E-state index in [1.165, 1.54) is 24.3 Å². The van der Waals surface area contributed by atoms with Gasteiger partial charge >= 0.3 is 17.6 Å². The zero-order chi connectivity index (χ0) is 21.0. The molecule has 0 spiro atoms. The maximum atomic E-state index is 12.6. The molecule has 0 aliphatic heterocycles. The Morgan fingerprint density at radius 1 is 1.14 bits per heavy atom. The highest BCUT2D eigenvalue weighted by molar-refractivity contribution is 6.01. The second-order valence-electron chi connectivity index (χ2n) is 6.65. The van der Waals surface area contributed by atoms with Gasteiger partial charge in [-0.25, -0.2) is 14.4 Å². The van der Waals surface area contributed by atoms with E-state index in [-0.39, 0.29) is 29.5 Å². The predicted molar refractivity (Wildman–Crippen MR) is 107 cm³/mol. The van der Waals surface area contributed by atoms with E-state index < -0.39 is 17.6 Å². The molecule has 0 unspecified atom stereocenters. The number of rotatable bonds is 5. The molecule has 150 valence electrons. The Morgan fingerprint density at radius 3 is 2.66 bits per heavy atom. The molecule has 0 aliphatic rings. The van der Waals surface area contributed by atoms with Crippen molar-refractivity contribution in [2.45, 2.75) is 26.5 Å². The van der Waals surface area contributed by atoms with Gasteiger partial charge in [0.25, 0.3) is 0 Å². The topological polar surface area (TPSA) is 118 Å². The minimum atomic E-state index is -0.661. The van der Waals surface area contributed by atoms with Gasteiger partial charge in [-0.05, 0) is 38.1 Å². The van der Waals surface area contributed by atoms with E-state index in [4.69, 9.17) is 9.15 Å². The van der Waals surface area contributed by atoms with E-state index in [1.54, 1.807) is 24.3 Å². The van der Waals surface area contributed by atoms with E-state index in [2.05, 4.69) is 10.6 Å². The number of phenols is 1. The normalized spacial score (nSPS) is 10.7. The van der Waals surface area contributed by atoms with Crippen LogP contribution in [0.3, 0.4) is 0 Å². The molecule has 0 bridgehead atoms. The zero-order valence-electron chi connectivity index (χ0n) is 15.9. The molecule has 1 heterocycles. The minimum Gasteiger partial charge on any atom is -0.508 e. The number of anilines is 1. The van der Waals surface area contributed by atoms with Gasteiger partial charge in [0.15, 0.2) is 0 Å². The molecule has 2 amide bonds. The van der Waals surface area contributed by atoms with Gasteiger partial charge in [-0.15, -0.1) is 0 Å². The SMILES string of the molecule is CC(C)NC(=O)Nc1ccccc1C(=O)OCc1cc(=O)oc2cc(O)ccc12. The maximum Gasteiger partial charge on any atom is 0.340 e. The summed E-state index contributed by atoms with van der Waals surface area (Å²) in [6.07, 6.45) is 0. The lowest BCUT2D eigenvalue weighted by Crippen LogP contribution is -2.34. The number of hydrogen-bond acceptors (Lipinski definition) is 6. The first-order valence-electron chi connectivity index (χ1n) is 8.93. The molecule has 2 aromatic carbocycles. The maximum absolute atomic E-state index is 12.6.